The normalized spacial score (nSPS) is 9.15. The molecule has 1 N–H and O–H groups in total. The Hall–Kier alpha value is -1.58. The fourth-order valence-electron chi connectivity index (χ4n) is 0.945. The van der Waals surface area contributed by atoms with Crippen molar-refractivity contribution in [3.63, 3.8) is 0 Å². The largest absolute Gasteiger partial charge is 0.386 e. The van der Waals surface area contributed by atoms with Gasteiger partial charge in [-0.25, -0.2) is 9.97 Å². The standard InChI is InChI=1S/C7H8N4.C2H6/c1-8-6-4-10-7-9-2-3-11(7)5-6;1-2/h2-5,8H,1H3;1-2H3. The number of imidazole rings is 1. The minimum Gasteiger partial charge on any atom is -0.386 e. The lowest BCUT2D eigenvalue weighted by molar-refractivity contribution is 1.11. The molecule has 0 unspecified atom stereocenters. The maximum absolute atomic E-state index is 4.10. The predicted octanol–water partition coefficient (Wildman–Crippen LogP) is 1.80. The third-order valence-electron chi connectivity index (χ3n) is 1.53. The summed E-state index contributed by atoms with van der Waals surface area (Å²) in [4.78, 5) is 8.12. The van der Waals surface area contributed by atoms with Crippen LogP contribution in [0.25, 0.3) is 5.78 Å². The Morgan fingerprint density at radius 3 is 2.77 bits per heavy atom. The monoisotopic (exact) mass is 178 g/mol. The third kappa shape index (κ3) is 1.96. The first-order valence-corrected chi connectivity index (χ1v) is 4.36. The van der Waals surface area contributed by atoms with Crippen molar-refractivity contribution in [2.45, 2.75) is 13.8 Å². The lowest BCUT2D eigenvalue weighted by atomic mass is 10.5. The van der Waals surface area contributed by atoms with Gasteiger partial charge in [0.1, 0.15) is 0 Å². The zero-order valence-corrected chi connectivity index (χ0v) is 8.15. The molecule has 0 aliphatic carbocycles. The highest BCUT2D eigenvalue weighted by Gasteiger charge is 1.93. The van der Waals surface area contributed by atoms with Crippen LogP contribution in [-0.2, 0) is 0 Å². The van der Waals surface area contributed by atoms with Crippen molar-refractivity contribution < 1.29 is 0 Å². The number of nitrogens with zero attached hydrogens (tertiary/aromatic N) is 3. The first-order chi connectivity index (χ1) is 6.40. The van der Waals surface area contributed by atoms with Gasteiger partial charge >= 0.3 is 0 Å². The molecule has 0 aromatic carbocycles. The predicted molar refractivity (Wildman–Crippen MR) is 53.9 cm³/mol. The molecule has 0 bridgehead atoms. The van der Waals surface area contributed by atoms with Gasteiger partial charge in [-0.3, -0.25) is 4.40 Å². The van der Waals surface area contributed by atoms with E-state index in [4.69, 9.17) is 0 Å². The molecule has 2 rings (SSSR count). The van der Waals surface area contributed by atoms with E-state index in [0.29, 0.717) is 0 Å². The number of hydrogen-bond donors (Lipinski definition) is 1. The minimum atomic E-state index is 0.726. The van der Waals surface area contributed by atoms with Crippen molar-refractivity contribution in [2.75, 3.05) is 12.4 Å². The molecule has 0 amide bonds. The maximum Gasteiger partial charge on any atom is 0.233 e. The van der Waals surface area contributed by atoms with Gasteiger partial charge in [0, 0.05) is 25.6 Å². The number of nitrogens with one attached hydrogen (secondary N) is 1. The topological polar surface area (TPSA) is 42.2 Å². The molecule has 4 heteroatoms. The molecule has 0 aliphatic heterocycles. The summed E-state index contributed by atoms with van der Waals surface area (Å²) < 4.78 is 1.87. The highest BCUT2D eigenvalue weighted by atomic mass is 15.1. The molecule has 0 fully saturated rings. The van der Waals surface area contributed by atoms with Crippen LogP contribution in [0.15, 0.2) is 24.8 Å². The smallest absolute Gasteiger partial charge is 0.233 e. The summed E-state index contributed by atoms with van der Waals surface area (Å²) in [7, 11) is 1.86. The van der Waals surface area contributed by atoms with E-state index in [0.717, 1.165) is 11.5 Å². The summed E-state index contributed by atoms with van der Waals surface area (Å²) in [6.45, 7) is 4.00. The summed E-state index contributed by atoms with van der Waals surface area (Å²) in [5, 5.41) is 3.00. The van der Waals surface area contributed by atoms with E-state index in [1.165, 1.54) is 0 Å². The van der Waals surface area contributed by atoms with Gasteiger partial charge in [-0.15, -0.1) is 0 Å². The van der Waals surface area contributed by atoms with Crippen LogP contribution in [-0.4, -0.2) is 21.4 Å². The van der Waals surface area contributed by atoms with Gasteiger partial charge in [0.15, 0.2) is 0 Å². The van der Waals surface area contributed by atoms with Crippen LogP contribution < -0.4 is 5.32 Å². The fourth-order valence-corrected chi connectivity index (χ4v) is 0.945. The third-order valence-corrected chi connectivity index (χ3v) is 1.53. The summed E-state index contributed by atoms with van der Waals surface area (Å²) in [6, 6.07) is 0. The van der Waals surface area contributed by atoms with E-state index < -0.39 is 0 Å². The van der Waals surface area contributed by atoms with E-state index in [1.807, 2.05) is 37.7 Å². The Kier molecular flexibility index (Phi) is 3.25. The summed E-state index contributed by atoms with van der Waals surface area (Å²) in [5.74, 6) is 0.726. The number of fused-ring (bicyclic) bond motifs is 1. The molecule has 0 spiro atoms. The molecule has 0 saturated carbocycles. The van der Waals surface area contributed by atoms with Crippen LogP contribution >= 0.6 is 0 Å². The molecule has 0 aliphatic rings. The maximum atomic E-state index is 4.10. The van der Waals surface area contributed by atoms with E-state index in [-0.39, 0.29) is 0 Å². The first kappa shape index (κ1) is 9.51. The number of anilines is 1. The average Bonchev–Trinajstić information content (AvgIpc) is 2.67. The Morgan fingerprint density at radius 1 is 1.31 bits per heavy atom. The highest BCUT2D eigenvalue weighted by Crippen LogP contribution is 2.04. The second kappa shape index (κ2) is 4.45. The molecule has 13 heavy (non-hydrogen) atoms. The average molecular weight is 178 g/mol. The minimum absolute atomic E-state index is 0.726. The van der Waals surface area contributed by atoms with Crippen molar-refractivity contribution in [1.82, 2.24) is 14.4 Å². The molecular formula is C9H14N4. The van der Waals surface area contributed by atoms with Crippen molar-refractivity contribution in [3.8, 4) is 0 Å². The Labute approximate surface area is 77.6 Å². The van der Waals surface area contributed by atoms with Crippen molar-refractivity contribution in [2.24, 2.45) is 0 Å². The van der Waals surface area contributed by atoms with E-state index in [2.05, 4.69) is 15.3 Å². The lowest BCUT2D eigenvalue weighted by Crippen LogP contribution is -1.93. The molecule has 0 radical (unpaired) electrons. The summed E-state index contributed by atoms with van der Waals surface area (Å²) in [6.07, 6.45) is 7.28. The van der Waals surface area contributed by atoms with Gasteiger partial charge in [-0.05, 0) is 0 Å². The van der Waals surface area contributed by atoms with Gasteiger partial charge < -0.3 is 5.32 Å². The molecule has 2 aromatic rings. The van der Waals surface area contributed by atoms with Crippen molar-refractivity contribution in [3.05, 3.63) is 24.8 Å². The van der Waals surface area contributed by atoms with Crippen LogP contribution in [0.3, 0.4) is 0 Å². The first-order valence-electron chi connectivity index (χ1n) is 4.36. The van der Waals surface area contributed by atoms with Gasteiger partial charge in [-0.2, -0.15) is 0 Å². The van der Waals surface area contributed by atoms with Crippen LogP contribution in [0.4, 0.5) is 5.69 Å². The van der Waals surface area contributed by atoms with Gasteiger partial charge in [0.2, 0.25) is 5.78 Å². The number of hydrogen-bond acceptors (Lipinski definition) is 3. The fraction of sp³-hybridized carbons (Fsp3) is 0.333. The highest BCUT2D eigenvalue weighted by molar-refractivity contribution is 5.42. The van der Waals surface area contributed by atoms with Crippen LogP contribution in [0.2, 0.25) is 0 Å². The number of aromatic nitrogens is 3. The zero-order chi connectivity index (χ0) is 9.68. The molecule has 4 nitrogen and oxygen atoms in total. The molecular weight excluding hydrogens is 164 g/mol. The quantitative estimate of drug-likeness (QED) is 0.724. The van der Waals surface area contributed by atoms with E-state index in [1.54, 1.807) is 12.4 Å². The molecule has 2 heterocycles. The van der Waals surface area contributed by atoms with Crippen molar-refractivity contribution in [1.29, 1.82) is 0 Å². The lowest BCUT2D eigenvalue weighted by Gasteiger charge is -1.98. The second-order valence-electron chi connectivity index (χ2n) is 2.23. The van der Waals surface area contributed by atoms with Gasteiger partial charge in [0.25, 0.3) is 0 Å². The van der Waals surface area contributed by atoms with Crippen LogP contribution in [0.1, 0.15) is 13.8 Å². The summed E-state index contributed by atoms with van der Waals surface area (Å²) >= 11 is 0. The Morgan fingerprint density at radius 2 is 2.08 bits per heavy atom. The molecule has 0 saturated heterocycles. The zero-order valence-electron chi connectivity index (χ0n) is 8.15. The van der Waals surface area contributed by atoms with Crippen molar-refractivity contribution >= 4 is 11.5 Å². The van der Waals surface area contributed by atoms with Gasteiger partial charge in [0.05, 0.1) is 11.9 Å². The van der Waals surface area contributed by atoms with Gasteiger partial charge in [-0.1, -0.05) is 13.8 Å². The molecule has 2 aromatic heterocycles. The van der Waals surface area contributed by atoms with Crippen LogP contribution in [0.5, 0.6) is 0 Å². The summed E-state index contributed by atoms with van der Waals surface area (Å²) in [5.41, 5.74) is 0.982. The van der Waals surface area contributed by atoms with E-state index in [9.17, 15) is 0 Å². The Bertz CT molecular complexity index is 366. The SMILES string of the molecule is CC.CNc1cnc2nccn2c1. The van der Waals surface area contributed by atoms with E-state index >= 15 is 0 Å². The Balaban J connectivity index is 0.000000396. The second-order valence-corrected chi connectivity index (χ2v) is 2.23. The molecule has 0 atom stereocenters. The molecule has 70 valence electrons. The number of rotatable bonds is 1. The van der Waals surface area contributed by atoms with Crippen LogP contribution in [0, 0.1) is 0 Å².